The maximum atomic E-state index is 12.4. The Bertz CT molecular complexity index is 872. The van der Waals surface area contributed by atoms with Gasteiger partial charge in [0.1, 0.15) is 0 Å². The molecule has 4 heterocycles. The van der Waals surface area contributed by atoms with Crippen LogP contribution in [0.2, 0.25) is 0 Å². The van der Waals surface area contributed by atoms with E-state index in [4.69, 9.17) is 0 Å². The quantitative estimate of drug-likeness (QED) is 0.714. The molecule has 8 heteroatoms. The fourth-order valence-corrected chi connectivity index (χ4v) is 3.60. The van der Waals surface area contributed by atoms with E-state index >= 15 is 0 Å². The van der Waals surface area contributed by atoms with E-state index in [1.807, 2.05) is 18.3 Å². The Kier molecular flexibility index (Phi) is 4.51. The van der Waals surface area contributed by atoms with Crippen LogP contribution in [0.4, 0.5) is 5.82 Å². The molecule has 0 radical (unpaired) electrons. The Balaban J connectivity index is 1.41. The lowest BCUT2D eigenvalue weighted by atomic mass is 9.97. The summed E-state index contributed by atoms with van der Waals surface area (Å²) in [5, 5.41) is 0. The molecule has 0 atom stereocenters. The van der Waals surface area contributed by atoms with Crippen LogP contribution in [-0.4, -0.2) is 36.4 Å². The first-order chi connectivity index (χ1) is 12.3. The monoisotopic (exact) mass is 354 g/mol. The summed E-state index contributed by atoms with van der Waals surface area (Å²) < 4.78 is 10.1. The van der Waals surface area contributed by atoms with Gasteiger partial charge in [-0.2, -0.15) is 8.75 Å². The van der Waals surface area contributed by atoms with Gasteiger partial charge < -0.3 is 4.90 Å². The lowest BCUT2D eigenvalue weighted by Gasteiger charge is -2.31. The lowest BCUT2D eigenvalue weighted by molar-refractivity contribution is 0.350. The largest absolute Gasteiger partial charge is 0.354 e. The van der Waals surface area contributed by atoms with Crippen molar-refractivity contribution in [1.82, 2.24) is 23.3 Å². The van der Waals surface area contributed by atoms with E-state index < -0.39 is 0 Å². The molecule has 1 fully saturated rings. The van der Waals surface area contributed by atoms with Crippen molar-refractivity contribution in [1.29, 1.82) is 0 Å². The molecule has 0 aliphatic carbocycles. The van der Waals surface area contributed by atoms with Gasteiger partial charge in [0.05, 0.1) is 29.9 Å². The second-order valence-electron chi connectivity index (χ2n) is 6.20. The average Bonchev–Trinajstić information content (AvgIpc) is 3.19. The Morgan fingerprint density at radius 1 is 1.20 bits per heavy atom. The number of pyridine rings is 1. The lowest BCUT2D eigenvalue weighted by Crippen LogP contribution is -2.36. The first kappa shape index (κ1) is 15.9. The Hall–Kier alpha value is -2.61. The van der Waals surface area contributed by atoms with Gasteiger partial charge in [-0.3, -0.25) is 14.3 Å². The fourth-order valence-electron chi connectivity index (χ4n) is 3.17. The van der Waals surface area contributed by atoms with Gasteiger partial charge in [-0.05, 0) is 30.9 Å². The van der Waals surface area contributed by atoms with Crippen molar-refractivity contribution in [3.05, 3.63) is 53.5 Å². The Morgan fingerprint density at radius 2 is 2.00 bits per heavy atom. The van der Waals surface area contributed by atoms with Crippen molar-refractivity contribution < 1.29 is 0 Å². The van der Waals surface area contributed by atoms with Crippen LogP contribution in [0.15, 0.2) is 47.9 Å². The summed E-state index contributed by atoms with van der Waals surface area (Å²) in [6, 6.07) is 5.32. The summed E-state index contributed by atoms with van der Waals surface area (Å²) in [5.41, 5.74) is 1.59. The number of nitrogens with zero attached hydrogens (tertiary/aromatic N) is 6. The Morgan fingerprint density at radius 3 is 2.68 bits per heavy atom. The molecule has 1 aliphatic heterocycles. The molecule has 1 saturated heterocycles. The predicted molar refractivity (Wildman–Crippen MR) is 96.6 cm³/mol. The third-order valence-corrected chi connectivity index (χ3v) is 5.07. The summed E-state index contributed by atoms with van der Waals surface area (Å²) >= 11 is 1.24. The van der Waals surface area contributed by atoms with E-state index in [0.717, 1.165) is 37.3 Å². The molecule has 0 aromatic carbocycles. The zero-order valence-corrected chi connectivity index (χ0v) is 14.5. The van der Waals surface area contributed by atoms with Crippen LogP contribution in [-0.2, 0) is 6.54 Å². The smallest absolute Gasteiger partial charge is 0.253 e. The number of rotatable bonds is 4. The van der Waals surface area contributed by atoms with E-state index in [0.29, 0.717) is 18.2 Å². The summed E-state index contributed by atoms with van der Waals surface area (Å²) in [4.78, 5) is 23.1. The molecule has 0 saturated carbocycles. The van der Waals surface area contributed by atoms with Crippen molar-refractivity contribution in [3.8, 4) is 11.3 Å². The normalized spacial score (nSPS) is 15.4. The van der Waals surface area contributed by atoms with Gasteiger partial charge in [0.2, 0.25) is 0 Å². The molecule has 1 aliphatic rings. The second kappa shape index (κ2) is 7.10. The van der Waals surface area contributed by atoms with Gasteiger partial charge >= 0.3 is 0 Å². The predicted octanol–water partition coefficient (Wildman–Crippen LogP) is 2.07. The van der Waals surface area contributed by atoms with Crippen LogP contribution in [0.1, 0.15) is 12.8 Å². The van der Waals surface area contributed by atoms with Crippen LogP contribution in [0.5, 0.6) is 0 Å². The fraction of sp³-hybridized carbons (Fsp3) is 0.353. The van der Waals surface area contributed by atoms with Gasteiger partial charge in [-0.25, -0.2) is 4.98 Å². The van der Waals surface area contributed by atoms with Crippen LogP contribution in [0, 0.1) is 5.92 Å². The number of anilines is 1. The maximum absolute atomic E-state index is 12.4. The van der Waals surface area contributed by atoms with E-state index in [-0.39, 0.29) is 5.56 Å². The highest BCUT2D eigenvalue weighted by Gasteiger charge is 2.21. The van der Waals surface area contributed by atoms with Crippen molar-refractivity contribution >= 4 is 17.5 Å². The molecule has 128 valence electrons. The number of hydrogen-bond acceptors (Lipinski definition) is 7. The molecule has 7 nitrogen and oxygen atoms in total. The molecule has 0 N–H and O–H groups in total. The highest BCUT2D eigenvalue weighted by atomic mass is 32.1. The summed E-state index contributed by atoms with van der Waals surface area (Å²) in [6.45, 7) is 2.62. The van der Waals surface area contributed by atoms with E-state index in [9.17, 15) is 4.79 Å². The molecule has 0 amide bonds. The van der Waals surface area contributed by atoms with Crippen LogP contribution >= 0.6 is 11.7 Å². The van der Waals surface area contributed by atoms with Crippen molar-refractivity contribution in [3.63, 3.8) is 0 Å². The molecule has 3 aromatic rings. The molecule has 0 spiro atoms. The van der Waals surface area contributed by atoms with Crippen LogP contribution in [0.25, 0.3) is 11.3 Å². The second-order valence-corrected chi connectivity index (χ2v) is 6.75. The minimum Gasteiger partial charge on any atom is -0.354 e. The van der Waals surface area contributed by atoms with E-state index in [1.54, 1.807) is 29.4 Å². The summed E-state index contributed by atoms with van der Waals surface area (Å²) in [6.07, 6.45) is 8.96. The number of piperidine rings is 1. The Labute approximate surface area is 149 Å². The third-order valence-electron chi connectivity index (χ3n) is 4.60. The molecule has 0 unspecified atom stereocenters. The highest BCUT2D eigenvalue weighted by molar-refractivity contribution is 6.99. The van der Waals surface area contributed by atoms with Gasteiger partial charge in [-0.15, -0.1) is 0 Å². The van der Waals surface area contributed by atoms with Gasteiger partial charge in [-0.1, -0.05) is 0 Å². The SMILES string of the molecule is O=c1cc(-c2ccncc2)ncn1CC1CCN(c2cnsn2)CC1. The summed E-state index contributed by atoms with van der Waals surface area (Å²) in [5.74, 6) is 1.44. The van der Waals surface area contributed by atoms with Crippen LogP contribution < -0.4 is 10.5 Å². The number of hydrogen-bond donors (Lipinski definition) is 0. The zero-order chi connectivity index (χ0) is 17.1. The van der Waals surface area contributed by atoms with Gasteiger partial charge in [0.15, 0.2) is 5.82 Å². The minimum absolute atomic E-state index is 0.00653. The molecule has 25 heavy (non-hydrogen) atoms. The van der Waals surface area contributed by atoms with Crippen molar-refractivity contribution in [2.24, 2.45) is 5.92 Å². The minimum atomic E-state index is -0.00653. The van der Waals surface area contributed by atoms with E-state index in [2.05, 4.69) is 23.6 Å². The summed E-state index contributed by atoms with van der Waals surface area (Å²) in [7, 11) is 0. The topological polar surface area (TPSA) is 76.8 Å². The van der Waals surface area contributed by atoms with Crippen molar-refractivity contribution in [2.45, 2.75) is 19.4 Å². The molecule has 4 rings (SSSR count). The third kappa shape index (κ3) is 3.58. The molecule has 3 aromatic heterocycles. The number of aromatic nitrogens is 5. The van der Waals surface area contributed by atoms with E-state index in [1.165, 1.54) is 11.7 Å². The van der Waals surface area contributed by atoms with Crippen molar-refractivity contribution in [2.75, 3.05) is 18.0 Å². The van der Waals surface area contributed by atoms with Gasteiger partial charge in [0, 0.05) is 43.7 Å². The molecular weight excluding hydrogens is 336 g/mol. The average molecular weight is 354 g/mol. The van der Waals surface area contributed by atoms with Gasteiger partial charge in [0.25, 0.3) is 5.56 Å². The first-order valence-corrected chi connectivity index (χ1v) is 9.02. The van der Waals surface area contributed by atoms with Crippen LogP contribution in [0.3, 0.4) is 0 Å². The maximum Gasteiger partial charge on any atom is 0.253 e. The zero-order valence-electron chi connectivity index (χ0n) is 13.7. The molecular formula is C17H18N6OS. The highest BCUT2D eigenvalue weighted by Crippen LogP contribution is 2.23. The molecule has 0 bridgehead atoms. The first-order valence-electron chi connectivity index (χ1n) is 8.29. The standard InChI is InChI=1S/C17H18N6OS/c24-17-9-15(14-1-5-18-6-2-14)19-12-23(17)11-13-3-7-22(8-4-13)16-10-20-25-21-16/h1-2,5-6,9-10,12-13H,3-4,7-8,11H2.